The molecule has 186 valence electrons. The lowest BCUT2D eigenvalue weighted by atomic mass is 9.95. The Morgan fingerprint density at radius 2 is 1.50 bits per heavy atom. The minimum absolute atomic E-state index is 0.115. The van der Waals surface area contributed by atoms with Crippen LogP contribution in [0.4, 0.5) is 0 Å². The van der Waals surface area contributed by atoms with E-state index in [9.17, 15) is 14.7 Å². The Balaban J connectivity index is 1.62. The first-order chi connectivity index (χ1) is 17.5. The van der Waals surface area contributed by atoms with Gasteiger partial charge >= 0.3 is 0 Å². The molecule has 1 aliphatic rings. The van der Waals surface area contributed by atoms with E-state index in [0.29, 0.717) is 31.0 Å². The fraction of sp³-hybridized carbons (Fsp3) is 0.267. The number of nitrogens with zero attached hydrogens (tertiary/aromatic N) is 2. The summed E-state index contributed by atoms with van der Waals surface area (Å²) in [7, 11) is 0. The van der Waals surface area contributed by atoms with E-state index in [4.69, 9.17) is 4.74 Å². The molecule has 1 atom stereocenters. The summed E-state index contributed by atoms with van der Waals surface area (Å²) in [6, 6.07) is 25.5. The van der Waals surface area contributed by atoms with Crippen molar-refractivity contribution in [2.45, 2.75) is 26.5 Å². The summed E-state index contributed by atoms with van der Waals surface area (Å²) in [6.07, 6.45) is 0. The predicted octanol–water partition coefficient (Wildman–Crippen LogP) is 5.03. The number of aliphatic hydroxyl groups is 1. The van der Waals surface area contributed by atoms with Crippen LogP contribution in [0.2, 0.25) is 0 Å². The van der Waals surface area contributed by atoms with Gasteiger partial charge in [-0.3, -0.25) is 9.59 Å². The van der Waals surface area contributed by atoms with Gasteiger partial charge in [0.2, 0.25) is 0 Å². The molecular formula is C30H32N2O4. The summed E-state index contributed by atoms with van der Waals surface area (Å²) in [6.45, 7) is 7.33. The second-order valence-corrected chi connectivity index (χ2v) is 8.73. The van der Waals surface area contributed by atoms with Crippen LogP contribution in [0.25, 0.3) is 5.76 Å². The lowest BCUT2D eigenvalue weighted by Gasteiger charge is -2.28. The average molecular weight is 485 g/mol. The van der Waals surface area contributed by atoms with E-state index in [1.807, 2.05) is 60.7 Å². The van der Waals surface area contributed by atoms with Crippen molar-refractivity contribution in [3.05, 3.63) is 107 Å². The smallest absolute Gasteiger partial charge is 0.295 e. The number of benzene rings is 3. The molecule has 0 aliphatic carbocycles. The van der Waals surface area contributed by atoms with Crippen LogP contribution in [0.1, 0.15) is 36.6 Å². The second-order valence-electron chi connectivity index (χ2n) is 8.73. The number of rotatable bonds is 10. The van der Waals surface area contributed by atoms with Gasteiger partial charge < -0.3 is 19.6 Å². The molecule has 1 amide bonds. The Hall–Kier alpha value is -3.90. The Morgan fingerprint density at radius 1 is 0.889 bits per heavy atom. The van der Waals surface area contributed by atoms with Gasteiger partial charge in [-0.1, -0.05) is 74.5 Å². The van der Waals surface area contributed by atoms with Crippen LogP contribution in [0.15, 0.2) is 90.5 Å². The third-order valence-electron chi connectivity index (χ3n) is 6.58. The van der Waals surface area contributed by atoms with Crippen molar-refractivity contribution in [3.63, 3.8) is 0 Å². The Kier molecular flexibility index (Phi) is 8.18. The summed E-state index contributed by atoms with van der Waals surface area (Å²) in [4.78, 5) is 30.1. The van der Waals surface area contributed by atoms with E-state index < -0.39 is 17.7 Å². The van der Waals surface area contributed by atoms with E-state index in [1.165, 1.54) is 0 Å². The summed E-state index contributed by atoms with van der Waals surface area (Å²) in [5, 5.41) is 11.3. The Labute approximate surface area is 212 Å². The van der Waals surface area contributed by atoms with E-state index >= 15 is 0 Å². The van der Waals surface area contributed by atoms with Gasteiger partial charge in [0.25, 0.3) is 11.7 Å². The number of hydrogen-bond acceptors (Lipinski definition) is 5. The van der Waals surface area contributed by atoms with Crippen molar-refractivity contribution in [2.24, 2.45) is 0 Å². The van der Waals surface area contributed by atoms with Gasteiger partial charge in [0.05, 0.1) is 11.6 Å². The predicted molar refractivity (Wildman–Crippen MR) is 140 cm³/mol. The van der Waals surface area contributed by atoms with E-state index in [2.05, 4.69) is 18.7 Å². The molecule has 0 spiro atoms. The van der Waals surface area contributed by atoms with Crippen molar-refractivity contribution in [3.8, 4) is 5.75 Å². The fourth-order valence-corrected chi connectivity index (χ4v) is 4.49. The van der Waals surface area contributed by atoms with Crippen molar-refractivity contribution in [1.29, 1.82) is 0 Å². The lowest BCUT2D eigenvalue weighted by Crippen LogP contribution is -2.38. The van der Waals surface area contributed by atoms with Crippen molar-refractivity contribution in [2.75, 3.05) is 26.2 Å². The minimum Gasteiger partial charge on any atom is -0.507 e. The van der Waals surface area contributed by atoms with Crippen LogP contribution in [-0.2, 0) is 16.2 Å². The maximum atomic E-state index is 13.2. The van der Waals surface area contributed by atoms with Gasteiger partial charge in [-0.05, 0) is 48.5 Å². The zero-order valence-electron chi connectivity index (χ0n) is 20.8. The normalized spacial score (nSPS) is 17.1. The first-order valence-electron chi connectivity index (χ1n) is 12.4. The number of carbonyl (C=O) groups excluding carboxylic acids is 2. The highest BCUT2D eigenvalue weighted by Gasteiger charge is 2.45. The summed E-state index contributed by atoms with van der Waals surface area (Å²) in [5.41, 5.74) is 2.42. The molecular weight excluding hydrogens is 452 g/mol. The SMILES string of the molecule is CCN(CC)CCN1C(=O)C(=O)C(=C(O)c2ccc(OCc3ccccc3)cc2)C1c1ccccc1. The largest absolute Gasteiger partial charge is 0.507 e. The molecule has 1 fully saturated rings. The van der Waals surface area contributed by atoms with Gasteiger partial charge in [-0.15, -0.1) is 0 Å². The third kappa shape index (κ3) is 5.50. The van der Waals surface area contributed by atoms with Crippen LogP contribution < -0.4 is 4.74 Å². The number of likely N-dealkylation sites (N-methyl/N-ethyl adjacent to an activating group) is 1. The summed E-state index contributed by atoms with van der Waals surface area (Å²) >= 11 is 0. The number of likely N-dealkylation sites (tertiary alicyclic amines) is 1. The number of ether oxygens (including phenoxy) is 1. The van der Waals surface area contributed by atoms with Crippen molar-refractivity contribution >= 4 is 17.4 Å². The molecule has 0 radical (unpaired) electrons. The first-order valence-corrected chi connectivity index (χ1v) is 12.4. The molecule has 36 heavy (non-hydrogen) atoms. The molecule has 6 heteroatoms. The van der Waals surface area contributed by atoms with Crippen LogP contribution in [-0.4, -0.2) is 52.8 Å². The third-order valence-corrected chi connectivity index (χ3v) is 6.58. The number of ketones is 1. The quantitative estimate of drug-likeness (QED) is 0.248. The van der Waals surface area contributed by atoms with E-state index in [1.54, 1.807) is 29.2 Å². The van der Waals surface area contributed by atoms with Crippen LogP contribution in [0.3, 0.4) is 0 Å². The number of aliphatic hydroxyl groups excluding tert-OH is 1. The molecule has 1 N–H and O–H groups in total. The summed E-state index contributed by atoms with van der Waals surface area (Å²) < 4.78 is 5.84. The number of Topliss-reactive ketones (excluding diaryl/α,β-unsaturated/α-hetero) is 1. The zero-order valence-corrected chi connectivity index (χ0v) is 20.8. The van der Waals surface area contributed by atoms with Gasteiger partial charge in [0.1, 0.15) is 18.1 Å². The second kappa shape index (κ2) is 11.7. The van der Waals surface area contributed by atoms with E-state index in [0.717, 1.165) is 24.2 Å². The maximum absolute atomic E-state index is 13.2. The van der Waals surface area contributed by atoms with Gasteiger partial charge in [-0.25, -0.2) is 0 Å². The molecule has 1 unspecified atom stereocenters. The first kappa shape index (κ1) is 25.2. The zero-order chi connectivity index (χ0) is 25.5. The highest BCUT2D eigenvalue weighted by molar-refractivity contribution is 6.46. The molecule has 4 rings (SSSR count). The Morgan fingerprint density at radius 3 is 2.11 bits per heavy atom. The van der Waals surface area contributed by atoms with Crippen LogP contribution in [0, 0.1) is 0 Å². The molecule has 3 aromatic carbocycles. The highest BCUT2D eigenvalue weighted by atomic mass is 16.5. The van der Waals surface area contributed by atoms with Gasteiger partial charge in [0, 0.05) is 18.7 Å². The molecule has 6 nitrogen and oxygen atoms in total. The summed E-state index contributed by atoms with van der Waals surface area (Å²) in [5.74, 6) is -0.775. The van der Waals surface area contributed by atoms with Gasteiger partial charge in [0.15, 0.2) is 0 Å². The molecule has 3 aromatic rings. The Bertz CT molecular complexity index is 1200. The fourth-order valence-electron chi connectivity index (χ4n) is 4.49. The van der Waals surface area contributed by atoms with Crippen LogP contribution in [0.5, 0.6) is 5.75 Å². The standard InChI is InChI=1S/C30H32N2O4/c1-3-31(4-2)19-20-32-27(23-13-9-6-10-14-23)26(29(34)30(32)35)28(33)24-15-17-25(18-16-24)36-21-22-11-7-5-8-12-22/h5-18,27,33H,3-4,19-21H2,1-2H3. The molecule has 0 aromatic heterocycles. The molecule has 1 aliphatic heterocycles. The topological polar surface area (TPSA) is 70.1 Å². The van der Waals surface area contributed by atoms with Crippen molar-refractivity contribution < 1.29 is 19.4 Å². The average Bonchev–Trinajstić information content (AvgIpc) is 3.18. The maximum Gasteiger partial charge on any atom is 0.295 e. The van der Waals surface area contributed by atoms with Gasteiger partial charge in [-0.2, -0.15) is 0 Å². The monoisotopic (exact) mass is 484 g/mol. The van der Waals surface area contributed by atoms with Crippen molar-refractivity contribution in [1.82, 2.24) is 9.80 Å². The minimum atomic E-state index is -0.662. The number of amides is 1. The molecule has 1 heterocycles. The van der Waals surface area contributed by atoms with E-state index in [-0.39, 0.29) is 11.3 Å². The molecule has 0 saturated carbocycles. The molecule has 0 bridgehead atoms. The number of hydrogen-bond donors (Lipinski definition) is 1. The number of carbonyl (C=O) groups is 2. The lowest BCUT2D eigenvalue weighted by molar-refractivity contribution is -0.140. The van der Waals surface area contributed by atoms with Crippen LogP contribution >= 0.6 is 0 Å². The molecule has 1 saturated heterocycles. The highest BCUT2D eigenvalue weighted by Crippen LogP contribution is 2.39.